The van der Waals surface area contributed by atoms with E-state index < -0.39 is 135 Å². The van der Waals surface area contributed by atoms with E-state index in [9.17, 15) is 107 Å². The van der Waals surface area contributed by atoms with Gasteiger partial charge in [0.15, 0.2) is 13.8 Å². The number of nitrogens with zero attached hydrogens (tertiary/aromatic N) is 3. The number of imidazole rings is 1. The first-order valence-electron chi connectivity index (χ1n) is 44.9. The summed E-state index contributed by atoms with van der Waals surface area (Å²) in [5, 5.41) is 10.7. The van der Waals surface area contributed by atoms with Crippen LogP contribution in [-0.2, 0) is 153 Å². The van der Waals surface area contributed by atoms with Crippen LogP contribution in [0.2, 0.25) is 11.5 Å². The summed E-state index contributed by atoms with van der Waals surface area (Å²) in [6, 6.07) is 91.7. The van der Waals surface area contributed by atoms with Gasteiger partial charge in [0.05, 0.1) is 90.6 Å². The minimum absolute atomic E-state index is 0.0134. The molecule has 0 saturated carbocycles. The number of amides is 7. The number of benzene rings is 13. The molecule has 44 heteroatoms. The normalized spacial score (nSPS) is 11.4. The van der Waals surface area contributed by atoms with E-state index in [4.69, 9.17) is 27.4 Å². The topological polar surface area (TPSA) is 530 Å². The highest BCUT2D eigenvalue weighted by molar-refractivity contribution is 7.92. The van der Waals surface area contributed by atoms with Gasteiger partial charge in [-0.3, -0.25) is 33.6 Å². The summed E-state index contributed by atoms with van der Waals surface area (Å²) in [7, 11) is -26.6. The number of hydrogen-bond donors (Lipinski definition) is 7. The molecule has 0 aliphatic rings. The van der Waals surface area contributed by atoms with Crippen LogP contribution in [0.4, 0.5) is 5.82 Å². The van der Waals surface area contributed by atoms with Crippen molar-refractivity contribution in [2.75, 3.05) is 7.11 Å². The van der Waals surface area contributed by atoms with Gasteiger partial charge in [-0.25, -0.2) is 106 Å². The Hall–Kier alpha value is -15.5. The van der Waals surface area contributed by atoms with E-state index in [2.05, 4.69) is 23.9 Å². The molecular formula is C103H100Cl2N10O25S7. The lowest BCUT2D eigenvalue weighted by atomic mass is 10.1. The van der Waals surface area contributed by atoms with Crippen molar-refractivity contribution >= 4 is 147 Å². The Morgan fingerprint density at radius 1 is 0.333 bits per heavy atom. The van der Waals surface area contributed by atoms with E-state index >= 15 is 0 Å². The van der Waals surface area contributed by atoms with E-state index in [1.807, 2.05) is 108 Å². The summed E-state index contributed by atoms with van der Waals surface area (Å²) >= 11 is 11.7. The maximum atomic E-state index is 12.5. The summed E-state index contributed by atoms with van der Waals surface area (Å²) in [4.78, 5) is 108. The molecule has 35 nitrogen and oxygen atoms in total. The largest absolute Gasteiger partial charge is 0.465 e. The van der Waals surface area contributed by atoms with Crippen LogP contribution in [0.3, 0.4) is 0 Å². The molecule has 0 radical (unpaired) electrons. The average Bonchev–Trinajstić information content (AvgIpc) is 0.988. The molecule has 768 valence electrons. The van der Waals surface area contributed by atoms with Crippen LogP contribution in [0.1, 0.15) is 80.1 Å². The number of halogens is 2. The Bertz CT molecular complexity index is 7810. The van der Waals surface area contributed by atoms with Crippen LogP contribution in [0.15, 0.2) is 386 Å². The van der Waals surface area contributed by atoms with E-state index in [0.29, 0.717) is 27.8 Å². The van der Waals surface area contributed by atoms with E-state index in [-0.39, 0.29) is 98.3 Å². The highest BCUT2D eigenvalue weighted by Gasteiger charge is 2.29. The predicted octanol–water partition coefficient (Wildman–Crippen LogP) is 13.6. The number of carbonyl (C=O) groups is 8. The Morgan fingerprint density at radius 2 is 0.599 bits per heavy atom. The smallest absolute Gasteiger partial charge is 0.343 e. The second kappa shape index (κ2) is 55.0. The van der Waals surface area contributed by atoms with Crippen molar-refractivity contribution in [1.29, 1.82) is 0 Å². The van der Waals surface area contributed by atoms with Gasteiger partial charge < -0.3 is 14.9 Å². The standard InChI is InChI=1S/C17H19NO3S.C16H15NO5S.2C15H15NO3S.C14H11Cl2NO3S.C14H13NO3S.C12H12N4O5S/c1-12-9-13(2)17(14(3)10-12)22(20,21)18-16(19)11-15-7-5-4-6-8-15;1-22-16(19)13-9-7-12(8-10-13)11-15(18)17-23(20,21)14-5-3-2-4-6-14;2*1-12-7-9-13(10-8-12)11-15(17)16-20(18,19)14-5-3-2-4-6-14;15-11-7-4-8-12(16)14(11)21(19,20)17-13(18)9-10-5-2-1-3-6-10;16-14(11-12-7-3-1-4-8-12)15-19(17,18)13-9-5-2-6-10-13;1-9-13-7-12(16(18)19)15(9)8-11(17)14-22(20,21)10-5-3-2-4-6-10/h4-10H,11H2,1-3H3,(H,18,19);2-10H,11H2,1H3,(H,17,18);2*2-10H,11H2,1H3,(H,16,17);1-8H,9H2,(H,17,18);1-10H,11H2,(H,15,16);2-7H,8H2,1H3,(H,14,17)/i;;;;;11D2;/hD. The average molecular weight is 2180 g/mol. The third-order valence-electron chi connectivity index (χ3n) is 19.7. The van der Waals surface area contributed by atoms with E-state index in [1.54, 1.807) is 147 Å². The first-order valence-corrected chi connectivity index (χ1v) is 54.5. The van der Waals surface area contributed by atoms with Crippen LogP contribution in [0.5, 0.6) is 0 Å². The number of carbonyl (C=O) groups excluding carboxylic acids is 8. The molecule has 0 bridgehead atoms. The number of aromatic nitrogens is 2. The monoisotopic (exact) mass is 2170 g/mol. The molecule has 0 atom stereocenters. The molecule has 14 aromatic rings. The van der Waals surface area contributed by atoms with Crippen molar-refractivity contribution in [3.05, 3.63) is 445 Å². The molecule has 0 unspecified atom stereocenters. The summed E-state index contributed by atoms with van der Waals surface area (Å²) in [5.41, 5.74) is 8.39. The number of rotatable bonds is 30. The Kier molecular flexibility index (Phi) is 41.8. The molecule has 0 spiro atoms. The Balaban J connectivity index is 0.000000213. The van der Waals surface area contributed by atoms with Crippen LogP contribution < -0.4 is 33.0 Å². The number of nitrogens with one attached hydrogen (secondary N) is 7. The first-order chi connectivity index (χ1) is 70.6. The van der Waals surface area contributed by atoms with Crippen molar-refractivity contribution in [3.8, 4) is 0 Å². The van der Waals surface area contributed by atoms with Gasteiger partial charge in [-0.2, -0.15) is 0 Å². The fourth-order valence-corrected chi connectivity index (χ4v) is 21.4. The zero-order valence-electron chi connectivity index (χ0n) is 82.3. The van der Waals surface area contributed by atoms with Gasteiger partial charge in [0.25, 0.3) is 76.1 Å². The lowest BCUT2D eigenvalue weighted by Gasteiger charge is -2.13. The summed E-state index contributed by atoms with van der Waals surface area (Å²) < 4.78 is 210. The van der Waals surface area contributed by atoms with Gasteiger partial charge in [-0.1, -0.05) is 301 Å². The molecule has 0 fully saturated rings. The van der Waals surface area contributed by atoms with Gasteiger partial charge in [0.1, 0.15) is 11.1 Å². The molecule has 0 aliphatic carbocycles. The molecule has 14 rings (SSSR count). The van der Waals surface area contributed by atoms with Gasteiger partial charge >= 0.3 is 11.8 Å². The first kappa shape index (κ1) is 112. The molecule has 7 N–H and O–H groups in total. The number of aryl methyl sites for hydroxylation is 6. The minimum Gasteiger partial charge on any atom is -0.465 e. The van der Waals surface area contributed by atoms with Crippen LogP contribution in [0, 0.1) is 51.7 Å². The van der Waals surface area contributed by atoms with Crippen LogP contribution >= 0.6 is 23.2 Å². The number of hydrogen-bond acceptors (Lipinski definition) is 26. The zero-order chi connectivity index (χ0) is 111. The predicted molar refractivity (Wildman–Crippen MR) is 552 cm³/mol. The quantitative estimate of drug-likeness (QED) is 0.0125. The molecule has 0 saturated heterocycles. The fourth-order valence-electron chi connectivity index (χ4n) is 12.9. The Labute approximate surface area is 866 Å². The third kappa shape index (κ3) is 38.5. The molecular weight excluding hydrogens is 2070 g/mol. The van der Waals surface area contributed by atoms with Crippen LogP contribution in [-0.4, -0.2) is 128 Å². The van der Waals surface area contributed by atoms with Crippen molar-refractivity contribution in [2.45, 2.75) is 121 Å². The highest BCUT2D eigenvalue weighted by atomic mass is 35.5. The summed E-state index contributed by atoms with van der Waals surface area (Å²) in [6.45, 7) is 10.2. The van der Waals surface area contributed by atoms with Gasteiger partial charge in [-0.15, -0.1) is 0 Å². The van der Waals surface area contributed by atoms with Crippen molar-refractivity contribution in [2.24, 2.45) is 0 Å². The van der Waals surface area contributed by atoms with E-state index in [1.165, 1.54) is 154 Å². The molecule has 1 heterocycles. The number of esters is 1. The lowest BCUT2D eigenvalue weighted by molar-refractivity contribution is -0.392. The van der Waals surface area contributed by atoms with Crippen molar-refractivity contribution in [3.63, 3.8) is 0 Å². The van der Waals surface area contributed by atoms with Crippen molar-refractivity contribution < 1.29 is 111 Å². The second-order valence-electron chi connectivity index (χ2n) is 31.4. The number of sulfonamides is 7. The molecule has 13 aromatic carbocycles. The second-order valence-corrected chi connectivity index (χ2v) is 43.8. The van der Waals surface area contributed by atoms with E-state index in [0.717, 1.165) is 44.1 Å². The maximum absolute atomic E-state index is 12.5. The van der Waals surface area contributed by atoms with Crippen molar-refractivity contribution in [1.82, 2.24) is 42.6 Å². The SMILES string of the molecule is COC(=O)c1ccc(CC(=O)NS(=O)(=O)c2ccccc2)cc1.Cc1cc(C)c(S(=O)(=O)NC(=O)Cc2ccccc2)c(C)c1.Cc1ccc(CC(=O)NS(=O)(=O)c2ccccc2)cc1.Cc1ccc(CC(=O)NS(=O)(=O)c2ccccc2)cc1.Cc1ncc([N+](=O)[O-])n1CC(=O)NS(=O)(=O)c1ccccc1.O=C(Cc1ccccc1)NS(=O)(=O)c1c(Cl)cccc1Cl.[2H]N(C(=O)C([2H])([2H])c1ccccc1)S(=O)(=O)c1ccccc1. The molecule has 0 aliphatic heterocycles. The summed E-state index contributed by atoms with van der Waals surface area (Å²) in [6.07, 6.45) is -1.68. The highest BCUT2D eigenvalue weighted by Crippen LogP contribution is 2.30. The summed E-state index contributed by atoms with van der Waals surface area (Å²) in [5.74, 6) is -5.93. The van der Waals surface area contributed by atoms with Gasteiger partial charge in [-0.05, 0) is 169 Å². The fraction of sp³-hybridized carbons (Fsp3) is 0.136. The van der Waals surface area contributed by atoms with Gasteiger partial charge in [0, 0.05) is 9.67 Å². The lowest BCUT2D eigenvalue weighted by Crippen LogP contribution is -2.33. The number of ether oxygens (including phenoxy) is 1. The molecule has 1 aromatic heterocycles. The number of nitro groups is 1. The zero-order valence-corrected chi connectivity index (χ0v) is 86.6. The Morgan fingerprint density at radius 3 is 0.905 bits per heavy atom. The third-order valence-corrected chi connectivity index (χ3v) is 30.5. The molecule has 7 amide bonds. The van der Waals surface area contributed by atoms with Gasteiger partial charge in [0.2, 0.25) is 35.4 Å². The minimum atomic E-state index is -4.42. The van der Waals surface area contributed by atoms with Crippen LogP contribution in [0.25, 0.3) is 0 Å². The molecule has 147 heavy (non-hydrogen) atoms. The maximum Gasteiger partial charge on any atom is 0.343 e. The number of methoxy groups -OCH3 is 1.